The molecule has 0 aliphatic rings. The second kappa shape index (κ2) is 6.51. The highest BCUT2D eigenvalue weighted by atomic mass is 32.2. The second-order valence-electron chi connectivity index (χ2n) is 3.85. The number of esters is 1. The lowest BCUT2D eigenvalue weighted by Crippen LogP contribution is -2.32. The predicted molar refractivity (Wildman–Crippen MR) is 67.5 cm³/mol. The molecule has 0 aliphatic carbocycles. The van der Waals surface area contributed by atoms with Gasteiger partial charge in [-0.15, -0.1) is 0 Å². The zero-order valence-electron chi connectivity index (χ0n) is 10.4. The molecular formula is C12H17NO4S. The number of carbonyl (C=O) groups excluding carboxylic acids is 1. The van der Waals surface area contributed by atoms with E-state index in [2.05, 4.69) is 4.72 Å². The van der Waals surface area contributed by atoms with E-state index in [1.165, 1.54) is 12.1 Å². The molecule has 0 radical (unpaired) electrons. The molecule has 0 saturated heterocycles. The van der Waals surface area contributed by atoms with E-state index < -0.39 is 16.0 Å². The number of carbonyl (C=O) groups is 1. The van der Waals surface area contributed by atoms with Gasteiger partial charge in [0, 0.05) is 0 Å². The Morgan fingerprint density at radius 2 is 1.94 bits per heavy atom. The number of sulfonamides is 1. The van der Waals surface area contributed by atoms with Crippen molar-refractivity contribution in [2.75, 3.05) is 6.54 Å². The van der Waals surface area contributed by atoms with E-state index in [9.17, 15) is 13.2 Å². The van der Waals surface area contributed by atoms with E-state index in [-0.39, 0.29) is 17.5 Å². The largest absolute Gasteiger partial charge is 0.462 e. The molecule has 6 heteroatoms. The first kappa shape index (κ1) is 14.7. The minimum absolute atomic E-state index is 0.126. The van der Waals surface area contributed by atoms with Gasteiger partial charge in [0.25, 0.3) is 0 Å². The minimum atomic E-state index is -3.65. The van der Waals surface area contributed by atoms with Gasteiger partial charge in [-0.05, 0) is 25.5 Å². The van der Waals surface area contributed by atoms with E-state index in [0.717, 1.165) is 0 Å². The van der Waals surface area contributed by atoms with Gasteiger partial charge in [0.1, 0.15) is 6.54 Å². The van der Waals surface area contributed by atoms with Crippen molar-refractivity contribution in [3.8, 4) is 0 Å². The van der Waals surface area contributed by atoms with Gasteiger partial charge < -0.3 is 4.74 Å². The van der Waals surface area contributed by atoms with Crippen LogP contribution in [-0.4, -0.2) is 27.0 Å². The highest BCUT2D eigenvalue weighted by molar-refractivity contribution is 7.89. The van der Waals surface area contributed by atoms with Crippen LogP contribution in [0, 0.1) is 0 Å². The fourth-order valence-corrected chi connectivity index (χ4v) is 2.18. The maximum atomic E-state index is 11.8. The monoisotopic (exact) mass is 271 g/mol. The molecule has 1 atom stereocenters. The summed E-state index contributed by atoms with van der Waals surface area (Å²) in [6.45, 7) is 3.28. The first-order valence-corrected chi connectivity index (χ1v) is 7.18. The molecule has 0 bridgehead atoms. The fourth-order valence-electron chi connectivity index (χ4n) is 1.19. The summed E-state index contributed by atoms with van der Waals surface area (Å²) < 4.78 is 30.7. The Bertz CT molecular complexity index is 484. The van der Waals surface area contributed by atoms with Crippen LogP contribution in [0.2, 0.25) is 0 Å². The van der Waals surface area contributed by atoms with E-state index in [1.807, 2.05) is 6.92 Å². The molecule has 5 nitrogen and oxygen atoms in total. The summed E-state index contributed by atoms with van der Waals surface area (Å²) in [6.07, 6.45) is 0.482. The lowest BCUT2D eigenvalue weighted by atomic mass is 10.3. The van der Waals surface area contributed by atoms with E-state index in [4.69, 9.17) is 4.74 Å². The van der Waals surface area contributed by atoms with Crippen LogP contribution in [0.15, 0.2) is 35.2 Å². The average Bonchev–Trinajstić information content (AvgIpc) is 2.37. The van der Waals surface area contributed by atoms with Crippen LogP contribution in [0.1, 0.15) is 20.3 Å². The number of hydrogen-bond donors (Lipinski definition) is 1. The minimum Gasteiger partial charge on any atom is -0.462 e. The maximum absolute atomic E-state index is 11.8. The quantitative estimate of drug-likeness (QED) is 0.792. The van der Waals surface area contributed by atoms with Crippen LogP contribution in [0.4, 0.5) is 0 Å². The summed E-state index contributed by atoms with van der Waals surface area (Å²) in [7, 11) is -3.65. The molecule has 1 aromatic rings. The summed E-state index contributed by atoms with van der Waals surface area (Å²) in [5.74, 6) is -0.580. The molecular weight excluding hydrogens is 254 g/mol. The number of benzene rings is 1. The number of rotatable bonds is 6. The van der Waals surface area contributed by atoms with Crippen LogP contribution in [0.25, 0.3) is 0 Å². The molecule has 0 fully saturated rings. The number of hydrogen-bond acceptors (Lipinski definition) is 4. The van der Waals surface area contributed by atoms with Crippen LogP contribution in [0.3, 0.4) is 0 Å². The first-order chi connectivity index (χ1) is 8.45. The summed E-state index contributed by atoms with van der Waals surface area (Å²) in [5.41, 5.74) is 0. The molecule has 0 aliphatic heterocycles. The van der Waals surface area contributed by atoms with Crippen molar-refractivity contribution in [2.24, 2.45) is 0 Å². The normalized spacial score (nSPS) is 13.0. The third-order valence-corrected chi connectivity index (χ3v) is 3.78. The van der Waals surface area contributed by atoms with Gasteiger partial charge in [0.15, 0.2) is 0 Å². The fraction of sp³-hybridized carbons (Fsp3) is 0.417. The van der Waals surface area contributed by atoms with Gasteiger partial charge in [-0.3, -0.25) is 4.79 Å². The predicted octanol–water partition coefficient (Wildman–Crippen LogP) is 1.31. The van der Waals surface area contributed by atoms with E-state index in [0.29, 0.717) is 6.42 Å². The Labute approximate surface area is 107 Å². The Morgan fingerprint density at radius 3 is 2.50 bits per heavy atom. The van der Waals surface area contributed by atoms with Gasteiger partial charge in [-0.2, -0.15) is 4.72 Å². The molecule has 0 unspecified atom stereocenters. The molecule has 1 N–H and O–H groups in total. The highest BCUT2D eigenvalue weighted by Gasteiger charge is 2.16. The van der Waals surface area contributed by atoms with Gasteiger partial charge >= 0.3 is 5.97 Å². The molecule has 100 valence electrons. The summed E-state index contributed by atoms with van der Waals surface area (Å²) in [5, 5.41) is 0. The van der Waals surface area contributed by atoms with Crippen molar-refractivity contribution in [1.82, 2.24) is 4.72 Å². The van der Waals surface area contributed by atoms with Crippen LogP contribution < -0.4 is 4.72 Å². The van der Waals surface area contributed by atoms with Crippen molar-refractivity contribution in [1.29, 1.82) is 0 Å². The van der Waals surface area contributed by atoms with Crippen molar-refractivity contribution >= 4 is 16.0 Å². The molecule has 0 saturated carbocycles. The summed E-state index contributed by atoms with van der Waals surface area (Å²) in [6, 6.07) is 7.87. The van der Waals surface area contributed by atoms with Crippen LogP contribution in [-0.2, 0) is 19.6 Å². The first-order valence-electron chi connectivity index (χ1n) is 5.70. The van der Waals surface area contributed by atoms with Crippen molar-refractivity contribution in [3.63, 3.8) is 0 Å². The number of nitrogens with one attached hydrogen (secondary N) is 1. The third-order valence-electron chi connectivity index (χ3n) is 2.37. The van der Waals surface area contributed by atoms with Crippen LogP contribution in [0.5, 0.6) is 0 Å². The Hall–Kier alpha value is -1.40. The second-order valence-corrected chi connectivity index (χ2v) is 5.61. The summed E-state index contributed by atoms with van der Waals surface area (Å²) in [4.78, 5) is 11.5. The molecule has 0 amide bonds. The Balaban J connectivity index is 2.56. The van der Waals surface area contributed by atoms with E-state index >= 15 is 0 Å². The van der Waals surface area contributed by atoms with Gasteiger partial charge in [0.2, 0.25) is 10.0 Å². The Kier molecular flexibility index (Phi) is 5.30. The summed E-state index contributed by atoms with van der Waals surface area (Å²) >= 11 is 0. The third kappa shape index (κ3) is 4.46. The maximum Gasteiger partial charge on any atom is 0.321 e. The standard InChI is InChI=1S/C12H17NO4S/c1-3-10(2)17-12(14)9-13-18(15,16)11-7-5-4-6-8-11/h4-8,10,13H,3,9H2,1-2H3/t10-/m1/s1. The van der Waals surface area contributed by atoms with Crippen molar-refractivity contribution < 1.29 is 17.9 Å². The van der Waals surface area contributed by atoms with Gasteiger partial charge in [-0.1, -0.05) is 25.1 Å². The zero-order valence-corrected chi connectivity index (χ0v) is 11.2. The number of ether oxygens (including phenoxy) is 1. The van der Waals surface area contributed by atoms with Crippen molar-refractivity contribution in [3.05, 3.63) is 30.3 Å². The van der Waals surface area contributed by atoms with Crippen LogP contribution >= 0.6 is 0 Å². The van der Waals surface area contributed by atoms with E-state index in [1.54, 1.807) is 25.1 Å². The lowest BCUT2D eigenvalue weighted by Gasteiger charge is -2.11. The lowest BCUT2D eigenvalue weighted by molar-refractivity contribution is -0.146. The average molecular weight is 271 g/mol. The Morgan fingerprint density at radius 1 is 1.33 bits per heavy atom. The van der Waals surface area contributed by atoms with Crippen molar-refractivity contribution in [2.45, 2.75) is 31.3 Å². The molecule has 0 heterocycles. The smallest absolute Gasteiger partial charge is 0.321 e. The highest BCUT2D eigenvalue weighted by Crippen LogP contribution is 2.06. The molecule has 18 heavy (non-hydrogen) atoms. The SMILES string of the molecule is CC[C@@H](C)OC(=O)CNS(=O)(=O)c1ccccc1. The van der Waals surface area contributed by atoms with Gasteiger partial charge in [-0.25, -0.2) is 8.42 Å². The molecule has 0 spiro atoms. The molecule has 1 rings (SSSR count). The molecule has 1 aromatic carbocycles. The zero-order chi connectivity index (χ0) is 13.6. The van der Waals surface area contributed by atoms with Gasteiger partial charge in [0.05, 0.1) is 11.0 Å². The topological polar surface area (TPSA) is 72.5 Å². The molecule has 0 aromatic heterocycles.